The predicted molar refractivity (Wildman–Crippen MR) is 85.5 cm³/mol. The molecule has 0 saturated carbocycles. The summed E-state index contributed by atoms with van der Waals surface area (Å²) < 4.78 is 1.97. The molecule has 0 aromatic carbocycles. The van der Waals surface area contributed by atoms with E-state index >= 15 is 0 Å². The first kappa shape index (κ1) is 14.0. The van der Waals surface area contributed by atoms with Crippen LogP contribution in [0.1, 0.15) is 40.0 Å². The quantitative estimate of drug-likeness (QED) is 0.795. The Morgan fingerprint density at radius 1 is 1.29 bits per heavy atom. The molecule has 1 aliphatic rings. The second kappa shape index (κ2) is 5.13. The van der Waals surface area contributed by atoms with Crippen molar-refractivity contribution in [3.63, 3.8) is 0 Å². The third-order valence-electron chi connectivity index (χ3n) is 4.07. The number of fused-ring (bicyclic) bond motifs is 1. The number of anilines is 1. The zero-order valence-corrected chi connectivity index (χ0v) is 13.1. The minimum Gasteiger partial charge on any atom is -0.349 e. The van der Waals surface area contributed by atoms with E-state index in [1.807, 2.05) is 17.0 Å². The first-order valence-corrected chi connectivity index (χ1v) is 7.61. The van der Waals surface area contributed by atoms with Crippen LogP contribution in [0.15, 0.2) is 25.2 Å². The van der Waals surface area contributed by atoms with Gasteiger partial charge in [-0.3, -0.25) is 0 Å². The molecule has 1 aliphatic heterocycles. The highest BCUT2D eigenvalue weighted by molar-refractivity contribution is 5.87. The second-order valence-electron chi connectivity index (χ2n) is 6.65. The molecule has 0 unspecified atom stereocenters. The van der Waals surface area contributed by atoms with Gasteiger partial charge in [-0.25, -0.2) is 14.6 Å². The van der Waals surface area contributed by atoms with E-state index in [1.165, 1.54) is 12.8 Å². The molecule has 3 heterocycles. The molecule has 2 aromatic rings. The predicted octanol–water partition coefficient (Wildman–Crippen LogP) is 3.13. The van der Waals surface area contributed by atoms with Gasteiger partial charge in [-0.2, -0.15) is 5.10 Å². The van der Waals surface area contributed by atoms with Gasteiger partial charge in [0.2, 0.25) is 0 Å². The van der Waals surface area contributed by atoms with Crippen LogP contribution in [0.2, 0.25) is 0 Å². The fourth-order valence-corrected chi connectivity index (χ4v) is 3.02. The molecule has 3 rings (SSSR count). The Bertz CT molecular complexity index is 652. The molecule has 1 saturated heterocycles. The SMILES string of the molecule is C=C[C@H]1CCCCN1c1ncnc2c1cnn2C(C)(C)C. The Hall–Kier alpha value is -1.91. The van der Waals surface area contributed by atoms with Crippen molar-refractivity contribution in [1.29, 1.82) is 0 Å². The maximum absolute atomic E-state index is 4.54. The van der Waals surface area contributed by atoms with E-state index < -0.39 is 0 Å². The van der Waals surface area contributed by atoms with Crippen molar-refractivity contribution in [1.82, 2.24) is 19.7 Å². The maximum atomic E-state index is 4.54. The lowest BCUT2D eigenvalue weighted by molar-refractivity contribution is 0.366. The molecule has 2 aromatic heterocycles. The number of hydrogen-bond donors (Lipinski definition) is 0. The standard InChI is InChI=1S/C16H23N5/c1-5-12-8-6-7-9-20(12)14-13-10-19-21(16(2,3)4)15(13)18-11-17-14/h5,10-12H,1,6-9H2,2-4H3/t12-/m0/s1. The van der Waals surface area contributed by atoms with Crippen LogP contribution in [0.4, 0.5) is 5.82 Å². The van der Waals surface area contributed by atoms with E-state index in [0.717, 1.165) is 29.8 Å². The summed E-state index contributed by atoms with van der Waals surface area (Å²) in [6, 6.07) is 0.356. The number of piperidine rings is 1. The smallest absolute Gasteiger partial charge is 0.163 e. The van der Waals surface area contributed by atoms with Crippen LogP contribution in [0.3, 0.4) is 0 Å². The van der Waals surface area contributed by atoms with Gasteiger partial charge in [0, 0.05) is 12.6 Å². The average molecular weight is 285 g/mol. The molecular weight excluding hydrogens is 262 g/mol. The summed E-state index contributed by atoms with van der Waals surface area (Å²) in [5.74, 6) is 0.986. The summed E-state index contributed by atoms with van der Waals surface area (Å²) in [5, 5.41) is 5.56. The Balaban J connectivity index is 2.11. The highest BCUT2D eigenvalue weighted by Crippen LogP contribution is 2.30. The normalized spacial score (nSPS) is 20.0. The fourth-order valence-electron chi connectivity index (χ4n) is 3.02. The second-order valence-corrected chi connectivity index (χ2v) is 6.65. The minimum absolute atomic E-state index is 0.0902. The molecule has 21 heavy (non-hydrogen) atoms. The van der Waals surface area contributed by atoms with Crippen LogP contribution in [0, 0.1) is 0 Å². The molecule has 5 heteroatoms. The molecule has 0 aliphatic carbocycles. The Kier molecular flexibility index (Phi) is 3.43. The van der Waals surface area contributed by atoms with Crippen molar-refractivity contribution in [2.45, 2.75) is 51.6 Å². The van der Waals surface area contributed by atoms with Gasteiger partial charge >= 0.3 is 0 Å². The summed E-state index contributed by atoms with van der Waals surface area (Å²) >= 11 is 0. The number of rotatable bonds is 2. The highest BCUT2D eigenvalue weighted by atomic mass is 15.3. The first-order valence-electron chi connectivity index (χ1n) is 7.61. The zero-order chi connectivity index (χ0) is 15.0. The van der Waals surface area contributed by atoms with Gasteiger partial charge in [0.25, 0.3) is 0 Å². The Morgan fingerprint density at radius 3 is 2.81 bits per heavy atom. The van der Waals surface area contributed by atoms with Gasteiger partial charge in [-0.15, -0.1) is 6.58 Å². The van der Waals surface area contributed by atoms with Gasteiger partial charge in [0.05, 0.1) is 17.1 Å². The van der Waals surface area contributed by atoms with Gasteiger partial charge < -0.3 is 4.90 Å². The van der Waals surface area contributed by atoms with Crippen molar-refractivity contribution in [3.05, 3.63) is 25.2 Å². The van der Waals surface area contributed by atoms with Crippen LogP contribution in [0.5, 0.6) is 0 Å². The van der Waals surface area contributed by atoms with Crippen molar-refractivity contribution in [3.8, 4) is 0 Å². The third kappa shape index (κ3) is 2.41. The number of aromatic nitrogens is 4. The molecule has 112 valence electrons. The Morgan fingerprint density at radius 2 is 2.10 bits per heavy atom. The van der Waals surface area contributed by atoms with E-state index in [9.17, 15) is 0 Å². The van der Waals surface area contributed by atoms with E-state index in [4.69, 9.17) is 0 Å². The highest BCUT2D eigenvalue weighted by Gasteiger charge is 2.25. The fraction of sp³-hybridized carbons (Fsp3) is 0.562. The summed E-state index contributed by atoms with van der Waals surface area (Å²) in [4.78, 5) is 11.3. The summed E-state index contributed by atoms with van der Waals surface area (Å²) in [5.41, 5.74) is 0.813. The molecular formula is C16H23N5. The van der Waals surface area contributed by atoms with Gasteiger partial charge in [0.1, 0.15) is 12.1 Å². The molecule has 0 bridgehead atoms. The minimum atomic E-state index is -0.0902. The third-order valence-corrected chi connectivity index (χ3v) is 4.07. The number of hydrogen-bond acceptors (Lipinski definition) is 4. The lowest BCUT2D eigenvalue weighted by Crippen LogP contribution is -2.38. The molecule has 0 amide bonds. The molecule has 5 nitrogen and oxygen atoms in total. The zero-order valence-electron chi connectivity index (χ0n) is 13.1. The summed E-state index contributed by atoms with van der Waals surface area (Å²) in [6.07, 6.45) is 9.16. The average Bonchev–Trinajstić information content (AvgIpc) is 2.91. The van der Waals surface area contributed by atoms with Gasteiger partial charge in [-0.05, 0) is 40.0 Å². The molecule has 0 radical (unpaired) electrons. The van der Waals surface area contributed by atoms with Crippen LogP contribution in [0.25, 0.3) is 11.0 Å². The molecule has 0 N–H and O–H groups in total. The molecule has 1 atom stereocenters. The molecule has 0 spiro atoms. The maximum Gasteiger partial charge on any atom is 0.163 e. The lowest BCUT2D eigenvalue weighted by atomic mass is 10.0. The lowest BCUT2D eigenvalue weighted by Gasteiger charge is -2.35. The van der Waals surface area contributed by atoms with Crippen LogP contribution in [-0.4, -0.2) is 32.3 Å². The van der Waals surface area contributed by atoms with E-state index in [0.29, 0.717) is 6.04 Å². The van der Waals surface area contributed by atoms with Crippen LogP contribution in [-0.2, 0) is 5.54 Å². The number of nitrogens with zero attached hydrogens (tertiary/aromatic N) is 5. The van der Waals surface area contributed by atoms with Crippen LogP contribution < -0.4 is 4.90 Å². The van der Waals surface area contributed by atoms with E-state index in [1.54, 1.807) is 6.33 Å². The van der Waals surface area contributed by atoms with Gasteiger partial charge in [0.15, 0.2) is 5.65 Å². The van der Waals surface area contributed by atoms with Crippen LogP contribution >= 0.6 is 0 Å². The van der Waals surface area contributed by atoms with Crippen molar-refractivity contribution < 1.29 is 0 Å². The van der Waals surface area contributed by atoms with Crippen molar-refractivity contribution >= 4 is 16.9 Å². The van der Waals surface area contributed by atoms with Gasteiger partial charge in [-0.1, -0.05) is 6.08 Å². The summed E-state index contributed by atoms with van der Waals surface area (Å²) in [6.45, 7) is 11.4. The van der Waals surface area contributed by atoms with E-state index in [2.05, 4.69) is 47.3 Å². The first-order chi connectivity index (χ1) is 10.0. The Labute approximate surface area is 125 Å². The van der Waals surface area contributed by atoms with Crippen molar-refractivity contribution in [2.24, 2.45) is 0 Å². The topological polar surface area (TPSA) is 46.8 Å². The van der Waals surface area contributed by atoms with Crippen molar-refractivity contribution in [2.75, 3.05) is 11.4 Å². The summed E-state index contributed by atoms with van der Waals surface area (Å²) in [7, 11) is 0. The monoisotopic (exact) mass is 285 g/mol. The largest absolute Gasteiger partial charge is 0.349 e. The molecule has 1 fully saturated rings. The van der Waals surface area contributed by atoms with E-state index in [-0.39, 0.29) is 5.54 Å².